The lowest BCUT2D eigenvalue weighted by molar-refractivity contribution is -0.134. The maximum atomic E-state index is 12.5. The number of nitrogens with zero attached hydrogens (tertiary/aromatic N) is 1. The van der Waals surface area contributed by atoms with Crippen LogP contribution in [0.5, 0.6) is 0 Å². The molecule has 16 heavy (non-hydrogen) atoms. The third kappa shape index (κ3) is 1.86. The van der Waals surface area contributed by atoms with Gasteiger partial charge in [0.05, 0.1) is 11.7 Å². The van der Waals surface area contributed by atoms with Gasteiger partial charge in [0.15, 0.2) is 0 Å². The van der Waals surface area contributed by atoms with Gasteiger partial charge >= 0.3 is 0 Å². The normalized spacial score (nSPS) is 30.3. The van der Waals surface area contributed by atoms with E-state index in [0.717, 1.165) is 18.6 Å². The molecule has 1 N–H and O–H groups in total. The van der Waals surface area contributed by atoms with Crippen molar-refractivity contribution in [1.29, 1.82) is 0 Å². The Kier molecular flexibility index (Phi) is 3.50. The number of nitrogens with one attached hydrogen (secondary N) is 1. The molecule has 1 aliphatic heterocycles. The molecule has 1 saturated heterocycles. The first kappa shape index (κ1) is 12.2. The number of carbonyl (C=O) groups is 1. The van der Waals surface area contributed by atoms with Crippen LogP contribution in [0.3, 0.4) is 0 Å². The van der Waals surface area contributed by atoms with Gasteiger partial charge in [-0.05, 0) is 32.9 Å². The minimum absolute atomic E-state index is 0.202. The van der Waals surface area contributed by atoms with E-state index in [9.17, 15) is 4.79 Å². The molecule has 4 heteroatoms. The molecule has 1 heterocycles. The highest BCUT2D eigenvalue weighted by atomic mass is 32.2. The second kappa shape index (κ2) is 4.57. The Morgan fingerprint density at radius 1 is 1.56 bits per heavy atom. The highest BCUT2D eigenvalue weighted by Gasteiger charge is 2.51. The zero-order chi connectivity index (χ0) is 11.8. The van der Waals surface area contributed by atoms with Gasteiger partial charge in [0.1, 0.15) is 0 Å². The molecule has 2 aliphatic rings. The first-order chi connectivity index (χ1) is 7.60. The van der Waals surface area contributed by atoms with Crippen LogP contribution in [-0.2, 0) is 4.79 Å². The van der Waals surface area contributed by atoms with Crippen molar-refractivity contribution in [3.63, 3.8) is 0 Å². The molecule has 1 amide bonds. The Balaban J connectivity index is 2.13. The zero-order valence-corrected chi connectivity index (χ0v) is 11.3. The summed E-state index contributed by atoms with van der Waals surface area (Å²) in [4.78, 5) is 14.6. The standard InChI is InChI=1S/C12H22N2OS/c1-9(8-16-3)14-10(2)13-12(11(14)15)6-4-5-7-12/h9-10,13H,4-8H2,1-3H3. The highest BCUT2D eigenvalue weighted by Crippen LogP contribution is 2.37. The van der Waals surface area contributed by atoms with E-state index in [1.165, 1.54) is 12.8 Å². The summed E-state index contributed by atoms with van der Waals surface area (Å²) < 4.78 is 0. The lowest BCUT2D eigenvalue weighted by Gasteiger charge is -2.28. The molecule has 92 valence electrons. The topological polar surface area (TPSA) is 32.3 Å². The highest BCUT2D eigenvalue weighted by molar-refractivity contribution is 7.98. The minimum atomic E-state index is -0.202. The molecule has 2 fully saturated rings. The van der Waals surface area contributed by atoms with E-state index < -0.39 is 0 Å². The van der Waals surface area contributed by atoms with Gasteiger partial charge in [-0.3, -0.25) is 10.1 Å². The van der Waals surface area contributed by atoms with Crippen LogP contribution in [0, 0.1) is 0 Å². The number of amides is 1. The molecule has 0 radical (unpaired) electrons. The summed E-state index contributed by atoms with van der Waals surface area (Å²) in [7, 11) is 0. The van der Waals surface area contributed by atoms with E-state index in [-0.39, 0.29) is 11.7 Å². The lowest BCUT2D eigenvalue weighted by Crippen LogP contribution is -2.45. The van der Waals surface area contributed by atoms with Crippen LogP contribution in [0.25, 0.3) is 0 Å². The van der Waals surface area contributed by atoms with E-state index >= 15 is 0 Å². The largest absolute Gasteiger partial charge is 0.322 e. The summed E-state index contributed by atoms with van der Waals surface area (Å²) in [6.45, 7) is 4.27. The third-order valence-electron chi connectivity index (χ3n) is 3.89. The molecule has 0 bridgehead atoms. The summed E-state index contributed by atoms with van der Waals surface area (Å²) in [6, 6.07) is 0.338. The molecule has 2 atom stereocenters. The van der Waals surface area contributed by atoms with E-state index in [4.69, 9.17) is 0 Å². The average Bonchev–Trinajstić information content (AvgIpc) is 2.76. The monoisotopic (exact) mass is 242 g/mol. The maximum Gasteiger partial charge on any atom is 0.244 e. The fourth-order valence-electron chi connectivity index (χ4n) is 3.19. The number of hydrogen-bond donors (Lipinski definition) is 1. The summed E-state index contributed by atoms with van der Waals surface area (Å²) >= 11 is 1.81. The van der Waals surface area contributed by atoms with E-state index in [2.05, 4.69) is 30.3 Å². The molecule has 1 saturated carbocycles. The Labute approximate surface area is 102 Å². The van der Waals surface area contributed by atoms with Crippen molar-refractivity contribution in [3.05, 3.63) is 0 Å². The summed E-state index contributed by atoms with van der Waals surface area (Å²) in [5.41, 5.74) is -0.202. The second-order valence-corrected chi connectivity index (χ2v) is 6.04. The SMILES string of the molecule is CSCC(C)N1C(=O)C2(CCCC2)NC1C. The first-order valence-electron chi connectivity index (χ1n) is 6.20. The molecule has 0 aromatic rings. The quantitative estimate of drug-likeness (QED) is 0.819. The Hall–Kier alpha value is -0.220. The van der Waals surface area contributed by atoms with Crippen molar-refractivity contribution in [2.45, 2.75) is 57.3 Å². The molecular weight excluding hydrogens is 220 g/mol. The predicted octanol–water partition coefficient (Wildman–Crippen LogP) is 1.83. The smallest absolute Gasteiger partial charge is 0.244 e. The van der Waals surface area contributed by atoms with Crippen LogP contribution >= 0.6 is 11.8 Å². The van der Waals surface area contributed by atoms with Crippen molar-refractivity contribution in [2.75, 3.05) is 12.0 Å². The molecule has 3 nitrogen and oxygen atoms in total. The predicted molar refractivity (Wildman–Crippen MR) is 68.5 cm³/mol. The molecule has 0 aromatic carbocycles. The van der Waals surface area contributed by atoms with Crippen LogP contribution in [0.2, 0.25) is 0 Å². The van der Waals surface area contributed by atoms with Crippen molar-refractivity contribution in [1.82, 2.24) is 10.2 Å². The van der Waals surface area contributed by atoms with E-state index in [0.29, 0.717) is 11.9 Å². The average molecular weight is 242 g/mol. The molecule has 1 aliphatic carbocycles. The Morgan fingerprint density at radius 2 is 2.19 bits per heavy atom. The van der Waals surface area contributed by atoms with E-state index in [1.54, 1.807) is 0 Å². The number of hydrogen-bond acceptors (Lipinski definition) is 3. The number of carbonyl (C=O) groups excluding carboxylic acids is 1. The van der Waals surface area contributed by atoms with Gasteiger partial charge < -0.3 is 4.90 Å². The van der Waals surface area contributed by atoms with Gasteiger partial charge in [-0.15, -0.1) is 0 Å². The lowest BCUT2D eigenvalue weighted by atomic mass is 9.98. The summed E-state index contributed by atoms with van der Waals surface area (Å²) in [5, 5.41) is 3.54. The van der Waals surface area contributed by atoms with Gasteiger partial charge in [0.25, 0.3) is 0 Å². The van der Waals surface area contributed by atoms with Gasteiger partial charge in [-0.1, -0.05) is 12.8 Å². The first-order valence-corrected chi connectivity index (χ1v) is 7.59. The third-order valence-corrected chi connectivity index (χ3v) is 4.70. The Bertz CT molecular complexity index is 276. The number of rotatable bonds is 3. The van der Waals surface area contributed by atoms with Gasteiger partial charge in [0, 0.05) is 11.8 Å². The van der Waals surface area contributed by atoms with Gasteiger partial charge in [-0.25, -0.2) is 0 Å². The number of thioether (sulfide) groups is 1. The van der Waals surface area contributed by atoms with Crippen LogP contribution in [0.15, 0.2) is 0 Å². The Morgan fingerprint density at radius 3 is 2.75 bits per heavy atom. The van der Waals surface area contributed by atoms with Crippen molar-refractivity contribution in [3.8, 4) is 0 Å². The van der Waals surface area contributed by atoms with Crippen LogP contribution in [-0.4, -0.2) is 40.6 Å². The second-order valence-electron chi connectivity index (χ2n) is 5.13. The van der Waals surface area contributed by atoms with Crippen molar-refractivity contribution in [2.24, 2.45) is 0 Å². The van der Waals surface area contributed by atoms with E-state index in [1.807, 2.05) is 11.8 Å². The molecule has 0 aromatic heterocycles. The van der Waals surface area contributed by atoms with Crippen LogP contribution in [0.1, 0.15) is 39.5 Å². The summed E-state index contributed by atoms with van der Waals surface area (Å²) in [5.74, 6) is 1.37. The van der Waals surface area contributed by atoms with Crippen molar-refractivity contribution >= 4 is 17.7 Å². The molecule has 1 spiro atoms. The van der Waals surface area contributed by atoms with Crippen LogP contribution < -0.4 is 5.32 Å². The fourth-order valence-corrected chi connectivity index (χ4v) is 3.84. The zero-order valence-electron chi connectivity index (χ0n) is 10.5. The maximum absolute atomic E-state index is 12.5. The molecule has 2 unspecified atom stereocenters. The minimum Gasteiger partial charge on any atom is -0.322 e. The molecule has 2 rings (SSSR count). The summed E-state index contributed by atoms with van der Waals surface area (Å²) in [6.07, 6.45) is 6.73. The van der Waals surface area contributed by atoms with Crippen molar-refractivity contribution < 1.29 is 4.79 Å². The molecular formula is C12H22N2OS. The van der Waals surface area contributed by atoms with Gasteiger partial charge in [0.2, 0.25) is 5.91 Å². The fraction of sp³-hybridized carbons (Fsp3) is 0.917. The van der Waals surface area contributed by atoms with Crippen LogP contribution in [0.4, 0.5) is 0 Å². The van der Waals surface area contributed by atoms with Gasteiger partial charge in [-0.2, -0.15) is 11.8 Å².